The molecule has 0 heterocycles. The molecule has 4 rings (SSSR count). The van der Waals surface area contributed by atoms with Gasteiger partial charge in [-0.2, -0.15) is 0 Å². The molecule has 0 saturated heterocycles. The summed E-state index contributed by atoms with van der Waals surface area (Å²) in [6, 6.07) is 10.9. The van der Waals surface area contributed by atoms with Crippen molar-refractivity contribution in [2.75, 3.05) is 0 Å². The van der Waals surface area contributed by atoms with Crippen LogP contribution in [-0.2, 0) is 0 Å². The van der Waals surface area contributed by atoms with Gasteiger partial charge in [0.15, 0.2) is 0 Å². The van der Waals surface area contributed by atoms with Gasteiger partial charge in [-0.25, -0.2) is 0 Å². The zero-order valence-electron chi connectivity index (χ0n) is 9.33. The molecule has 0 spiro atoms. The van der Waals surface area contributed by atoms with Crippen molar-refractivity contribution in [2.45, 2.75) is 20.3 Å². The second kappa shape index (κ2) is 2.07. The number of benzene rings is 1. The predicted molar refractivity (Wildman–Crippen MR) is 62.2 cm³/mol. The van der Waals surface area contributed by atoms with Gasteiger partial charge in [0, 0.05) is 0 Å². The summed E-state index contributed by atoms with van der Waals surface area (Å²) in [5.74, 6) is 1.87. The van der Waals surface area contributed by atoms with Crippen LogP contribution < -0.4 is 0 Å². The van der Waals surface area contributed by atoms with Crippen molar-refractivity contribution in [2.24, 2.45) is 22.7 Å². The lowest BCUT2D eigenvalue weighted by Gasteiger charge is -2.27. The van der Waals surface area contributed by atoms with Gasteiger partial charge in [-0.15, -0.1) is 0 Å². The summed E-state index contributed by atoms with van der Waals surface area (Å²) in [6.45, 7) is 4.97. The summed E-state index contributed by atoms with van der Waals surface area (Å²) >= 11 is 0. The van der Waals surface area contributed by atoms with E-state index in [1.807, 2.05) is 0 Å². The molecule has 0 aromatic heterocycles. The van der Waals surface area contributed by atoms with Crippen molar-refractivity contribution < 1.29 is 0 Å². The normalized spacial score (nSPS) is 49.3. The van der Waals surface area contributed by atoms with E-state index >= 15 is 0 Å². The molecule has 0 nitrogen and oxygen atoms in total. The highest BCUT2D eigenvalue weighted by molar-refractivity contribution is 5.78. The fraction of sp³-hybridized carbons (Fsp3) is 0.467. The van der Waals surface area contributed by atoms with E-state index in [9.17, 15) is 0 Å². The molecule has 15 heavy (non-hydrogen) atoms. The summed E-state index contributed by atoms with van der Waals surface area (Å²) in [4.78, 5) is 0. The molecular formula is C15H16. The molecule has 2 saturated carbocycles. The lowest BCUT2D eigenvalue weighted by atomic mass is 9.77. The Hall–Kier alpha value is -1.04. The topological polar surface area (TPSA) is 0 Å². The van der Waals surface area contributed by atoms with Gasteiger partial charge in [0.2, 0.25) is 0 Å². The van der Waals surface area contributed by atoms with Crippen LogP contribution in [-0.4, -0.2) is 0 Å². The molecule has 0 heteroatoms. The first-order chi connectivity index (χ1) is 7.20. The van der Waals surface area contributed by atoms with Crippen LogP contribution >= 0.6 is 0 Å². The highest BCUT2D eigenvalue weighted by Crippen LogP contribution is 2.97. The molecule has 3 aliphatic rings. The minimum Gasteiger partial charge on any atom is -0.0801 e. The van der Waals surface area contributed by atoms with Crippen molar-refractivity contribution in [3.8, 4) is 0 Å². The minimum absolute atomic E-state index is 0.674. The van der Waals surface area contributed by atoms with E-state index < -0.39 is 0 Å². The average molecular weight is 196 g/mol. The summed E-state index contributed by atoms with van der Waals surface area (Å²) in [5, 5.41) is 0. The maximum Gasteiger partial charge on any atom is -0.00342 e. The minimum atomic E-state index is 0.674. The number of hydrogen-bond acceptors (Lipinski definition) is 0. The Balaban J connectivity index is 1.79. The SMILES string of the molecule is CC12C3CC=C(c4ccccc4)C1C32C. The van der Waals surface area contributed by atoms with Crippen LogP contribution in [0.3, 0.4) is 0 Å². The molecule has 2 unspecified atom stereocenters. The summed E-state index contributed by atoms with van der Waals surface area (Å²) in [5.41, 5.74) is 4.43. The van der Waals surface area contributed by atoms with E-state index in [1.165, 1.54) is 12.0 Å². The molecule has 0 aliphatic heterocycles. The van der Waals surface area contributed by atoms with Crippen LogP contribution in [0.15, 0.2) is 36.4 Å². The van der Waals surface area contributed by atoms with E-state index in [0.717, 1.165) is 11.8 Å². The quantitative estimate of drug-likeness (QED) is 0.641. The molecule has 0 radical (unpaired) electrons. The first-order valence-electron chi connectivity index (χ1n) is 5.96. The van der Waals surface area contributed by atoms with E-state index in [-0.39, 0.29) is 0 Å². The van der Waals surface area contributed by atoms with Gasteiger partial charge in [0.1, 0.15) is 0 Å². The second-order valence-electron chi connectivity index (χ2n) is 5.81. The van der Waals surface area contributed by atoms with Crippen LogP contribution in [0.25, 0.3) is 5.57 Å². The van der Waals surface area contributed by atoms with Gasteiger partial charge in [0.25, 0.3) is 0 Å². The van der Waals surface area contributed by atoms with E-state index in [2.05, 4.69) is 50.3 Å². The van der Waals surface area contributed by atoms with Crippen LogP contribution in [0.4, 0.5) is 0 Å². The number of allylic oxidation sites excluding steroid dienone is 2. The lowest BCUT2D eigenvalue weighted by molar-refractivity contribution is 0.395. The van der Waals surface area contributed by atoms with Crippen LogP contribution in [0, 0.1) is 22.7 Å². The molecule has 0 amide bonds. The maximum atomic E-state index is 2.49. The molecule has 1 aromatic carbocycles. The Morgan fingerprint density at radius 2 is 1.73 bits per heavy atom. The molecule has 0 bridgehead atoms. The van der Waals surface area contributed by atoms with Gasteiger partial charge < -0.3 is 0 Å². The van der Waals surface area contributed by atoms with Crippen molar-refractivity contribution in [3.05, 3.63) is 42.0 Å². The van der Waals surface area contributed by atoms with Crippen molar-refractivity contribution >= 4 is 5.57 Å². The molecular weight excluding hydrogens is 180 g/mol. The Morgan fingerprint density at radius 3 is 2.33 bits per heavy atom. The molecule has 2 fully saturated rings. The van der Waals surface area contributed by atoms with Crippen molar-refractivity contribution in [1.29, 1.82) is 0 Å². The number of rotatable bonds is 1. The van der Waals surface area contributed by atoms with Crippen LogP contribution in [0.5, 0.6) is 0 Å². The lowest BCUT2D eigenvalue weighted by Crippen LogP contribution is -2.17. The first-order valence-corrected chi connectivity index (χ1v) is 5.96. The zero-order chi connectivity index (χ0) is 10.3. The summed E-state index contributed by atoms with van der Waals surface area (Å²) in [6.07, 6.45) is 3.80. The second-order valence-corrected chi connectivity index (χ2v) is 5.81. The largest absolute Gasteiger partial charge is 0.0801 e. The summed E-state index contributed by atoms with van der Waals surface area (Å²) < 4.78 is 0. The third-order valence-electron chi connectivity index (χ3n) is 5.63. The molecule has 3 aliphatic carbocycles. The fourth-order valence-corrected chi connectivity index (χ4v) is 4.54. The number of hydrogen-bond donors (Lipinski definition) is 0. The molecule has 0 N–H and O–H groups in total. The Morgan fingerprint density at radius 1 is 1.07 bits per heavy atom. The van der Waals surface area contributed by atoms with E-state index in [4.69, 9.17) is 0 Å². The molecule has 2 atom stereocenters. The highest BCUT2D eigenvalue weighted by Gasteiger charge is 2.93. The van der Waals surface area contributed by atoms with Crippen LogP contribution in [0.2, 0.25) is 0 Å². The van der Waals surface area contributed by atoms with Crippen LogP contribution in [0.1, 0.15) is 25.8 Å². The Labute approximate surface area is 91.0 Å². The van der Waals surface area contributed by atoms with Gasteiger partial charge in [-0.1, -0.05) is 50.3 Å². The smallest absolute Gasteiger partial charge is 0.00342 e. The number of fused-ring (bicyclic) bond motifs is 2. The van der Waals surface area contributed by atoms with E-state index in [0.29, 0.717) is 10.8 Å². The predicted octanol–water partition coefficient (Wildman–Crippen LogP) is 3.75. The van der Waals surface area contributed by atoms with Gasteiger partial charge in [0.05, 0.1) is 0 Å². The fourth-order valence-electron chi connectivity index (χ4n) is 4.54. The molecule has 1 aromatic rings. The van der Waals surface area contributed by atoms with Gasteiger partial charge in [-0.3, -0.25) is 0 Å². The zero-order valence-corrected chi connectivity index (χ0v) is 9.33. The van der Waals surface area contributed by atoms with E-state index in [1.54, 1.807) is 5.57 Å². The van der Waals surface area contributed by atoms with Gasteiger partial charge in [-0.05, 0) is 40.2 Å². The monoisotopic (exact) mass is 196 g/mol. The van der Waals surface area contributed by atoms with Crippen molar-refractivity contribution in [3.63, 3.8) is 0 Å². The summed E-state index contributed by atoms with van der Waals surface area (Å²) in [7, 11) is 0. The Kier molecular flexibility index (Phi) is 1.12. The average Bonchev–Trinajstić information content (AvgIpc) is 3.00. The standard InChI is InChI=1S/C15H16/c1-14-12-9-8-11(13(14)15(12,14)2)10-6-4-3-5-7-10/h3-8,12-13H,9H2,1-2H3. The highest BCUT2D eigenvalue weighted by atomic mass is 15.0. The van der Waals surface area contributed by atoms with Gasteiger partial charge >= 0.3 is 0 Å². The first kappa shape index (κ1) is 8.15. The maximum absolute atomic E-state index is 2.49. The third kappa shape index (κ3) is 0.649. The third-order valence-corrected chi connectivity index (χ3v) is 5.63. The Bertz CT molecular complexity index is 454. The molecule has 76 valence electrons. The van der Waals surface area contributed by atoms with Crippen molar-refractivity contribution in [1.82, 2.24) is 0 Å².